The number of nitrogens with zero attached hydrogens (tertiary/aromatic N) is 5. The zero-order valence-corrected chi connectivity index (χ0v) is 32.2. The van der Waals surface area contributed by atoms with E-state index in [-0.39, 0.29) is 11.5 Å². The highest BCUT2D eigenvalue weighted by molar-refractivity contribution is 7.98. The van der Waals surface area contributed by atoms with Gasteiger partial charge in [0.2, 0.25) is 0 Å². The SMILES string of the molecule is CC.CCc1ccc2c3c(C(=O)OC)n(C)c2c1-c1c(nn(C)c1C)CS(=O)(=O)Cc1cc(n(C)n1)CSc1cc(c2ccccc2c1)OCC3. The van der Waals surface area contributed by atoms with Crippen LogP contribution in [0.1, 0.15) is 65.2 Å². The van der Waals surface area contributed by atoms with Crippen molar-refractivity contribution in [3.63, 3.8) is 0 Å². The predicted molar refractivity (Wildman–Crippen MR) is 204 cm³/mol. The number of sulfone groups is 1. The molecule has 0 radical (unpaired) electrons. The molecule has 7 rings (SSSR count). The summed E-state index contributed by atoms with van der Waals surface area (Å²) >= 11 is 1.64. The number of esters is 1. The van der Waals surface area contributed by atoms with Gasteiger partial charge in [0.15, 0.2) is 9.84 Å². The molecule has 3 aromatic carbocycles. The number of carbonyl (C=O) groups is 1. The molecule has 0 fully saturated rings. The highest BCUT2D eigenvalue weighted by Gasteiger charge is 2.29. The maximum atomic E-state index is 13.9. The number of benzene rings is 3. The molecule has 0 amide bonds. The van der Waals surface area contributed by atoms with Crippen molar-refractivity contribution in [2.45, 2.75) is 62.7 Å². The minimum Gasteiger partial charge on any atom is -0.493 e. The Labute approximate surface area is 303 Å². The van der Waals surface area contributed by atoms with Crippen molar-refractivity contribution < 1.29 is 22.7 Å². The standard InChI is InChI=1S/C37H39N5O5S2.C2H6/c1-7-23-12-13-29-30-14-15-47-32-18-27(16-24-10-8-9-11-28(24)32)48-19-26-17-25(38-42(26)5)20-49(44,45)21-31-33(22(2)41(4)39-31)34(23)35(29)40(3)36(30)37(43)46-6;1-2/h8-13,16-18H,7,14-15,19-21H2,1-6H3;1-2H3. The lowest BCUT2D eigenvalue weighted by Crippen LogP contribution is -2.12. The fourth-order valence-corrected chi connectivity index (χ4v) is 9.38. The molecule has 0 saturated carbocycles. The largest absolute Gasteiger partial charge is 0.493 e. The Hall–Kier alpha value is -4.55. The average molecular weight is 728 g/mol. The quantitative estimate of drug-likeness (QED) is 0.169. The Morgan fingerprint density at radius 1 is 0.961 bits per heavy atom. The van der Waals surface area contributed by atoms with Gasteiger partial charge >= 0.3 is 5.97 Å². The van der Waals surface area contributed by atoms with Gasteiger partial charge in [0.1, 0.15) is 11.4 Å². The number of ether oxygens (including phenoxy) is 2. The van der Waals surface area contributed by atoms with E-state index in [4.69, 9.17) is 14.6 Å². The number of aromatic nitrogens is 5. The highest BCUT2D eigenvalue weighted by Crippen LogP contribution is 2.41. The molecule has 1 aliphatic heterocycles. The lowest BCUT2D eigenvalue weighted by atomic mass is 9.93. The minimum atomic E-state index is -3.68. The third-order valence-corrected chi connectivity index (χ3v) is 12.0. The summed E-state index contributed by atoms with van der Waals surface area (Å²) in [4.78, 5) is 14.5. The molecule has 268 valence electrons. The van der Waals surface area contributed by atoms with E-state index in [0.717, 1.165) is 66.0 Å². The molecule has 3 aromatic heterocycles. The van der Waals surface area contributed by atoms with Gasteiger partial charge in [-0.15, -0.1) is 11.8 Å². The second-order valence-electron chi connectivity index (χ2n) is 12.6. The van der Waals surface area contributed by atoms with E-state index in [9.17, 15) is 13.2 Å². The van der Waals surface area contributed by atoms with Crippen LogP contribution in [0.25, 0.3) is 32.8 Å². The summed E-state index contributed by atoms with van der Waals surface area (Å²) in [6, 6.07) is 18.3. The lowest BCUT2D eigenvalue weighted by molar-refractivity contribution is 0.0589. The summed E-state index contributed by atoms with van der Waals surface area (Å²) < 4.78 is 45.0. The first-order valence-electron chi connectivity index (χ1n) is 17.2. The molecular formula is C39H45N5O5S2. The Kier molecular flexibility index (Phi) is 10.4. The van der Waals surface area contributed by atoms with Crippen molar-refractivity contribution in [2.24, 2.45) is 21.1 Å². The molecule has 0 atom stereocenters. The summed E-state index contributed by atoms with van der Waals surface area (Å²) in [5, 5.41) is 12.3. The number of aryl methyl sites for hydroxylation is 4. The van der Waals surface area contributed by atoms with Crippen molar-refractivity contribution in [2.75, 3.05) is 13.7 Å². The van der Waals surface area contributed by atoms with Gasteiger partial charge in [-0.1, -0.05) is 57.2 Å². The van der Waals surface area contributed by atoms with Crippen LogP contribution in [-0.2, 0) is 65.8 Å². The number of carbonyl (C=O) groups excluding carboxylic acids is 1. The number of thioether (sulfide) groups is 1. The molecule has 0 aliphatic carbocycles. The fraction of sp³-hybridized carbons (Fsp3) is 0.359. The van der Waals surface area contributed by atoms with Crippen LogP contribution in [0.5, 0.6) is 5.75 Å². The molecule has 4 heterocycles. The van der Waals surface area contributed by atoms with Crippen LogP contribution < -0.4 is 4.74 Å². The monoisotopic (exact) mass is 727 g/mol. The number of hydrogen-bond acceptors (Lipinski definition) is 8. The van der Waals surface area contributed by atoms with Gasteiger partial charge in [-0.25, -0.2) is 13.2 Å². The number of methoxy groups -OCH3 is 1. The van der Waals surface area contributed by atoms with Crippen LogP contribution >= 0.6 is 11.8 Å². The van der Waals surface area contributed by atoms with Crippen molar-refractivity contribution in [3.05, 3.63) is 94.2 Å². The highest BCUT2D eigenvalue weighted by atomic mass is 32.2. The third-order valence-electron chi connectivity index (χ3n) is 9.51. The Balaban J connectivity index is 0.00000220. The van der Waals surface area contributed by atoms with Gasteiger partial charge in [-0.05, 0) is 48.1 Å². The first kappa shape index (κ1) is 36.2. The summed E-state index contributed by atoms with van der Waals surface area (Å²) in [7, 11) is 3.26. The van der Waals surface area contributed by atoms with Gasteiger partial charge < -0.3 is 14.0 Å². The van der Waals surface area contributed by atoms with Crippen LogP contribution in [0.4, 0.5) is 0 Å². The summed E-state index contributed by atoms with van der Waals surface area (Å²) in [6.07, 6.45) is 1.14. The van der Waals surface area contributed by atoms with Crippen molar-refractivity contribution in [3.8, 4) is 16.9 Å². The number of hydrogen-bond donors (Lipinski definition) is 0. The number of rotatable bonds is 2. The topological polar surface area (TPSA) is 110 Å². The van der Waals surface area contributed by atoms with E-state index in [1.807, 2.05) is 64.7 Å². The fourth-order valence-electron chi connectivity index (χ4n) is 7.09. The van der Waals surface area contributed by atoms with E-state index >= 15 is 0 Å². The van der Waals surface area contributed by atoms with Gasteiger partial charge in [0, 0.05) is 71.5 Å². The third kappa shape index (κ3) is 6.79. The second-order valence-corrected chi connectivity index (χ2v) is 15.7. The Morgan fingerprint density at radius 2 is 1.73 bits per heavy atom. The molecule has 51 heavy (non-hydrogen) atoms. The summed E-state index contributed by atoms with van der Waals surface area (Å²) in [5.41, 5.74) is 7.48. The van der Waals surface area contributed by atoms with E-state index in [0.29, 0.717) is 42.3 Å². The van der Waals surface area contributed by atoms with Crippen LogP contribution in [0, 0.1) is 6.92 Å². The van der Waals surface area contributed by atoms with Gasteiger partial charge in [0.25, 0.3) is 0 Å². The van der Waals surface area contributed by atoms with E-state index in [1.54, 1.807) is 21.1 Å². The molecule has 6 aromatic rings. The van der Waals surface area contributed by atoms with Crippen molar-refractivity contribution in [1.82, 2.24) is 24.1 Å². The van der Waals surface area contributed by atoms with E-state index < -0.39 is 15.8 Å². The smallest absolute Gasteiger partial charge is 0.354 e. The molecule has 0 spiro atoms. The molecule has 8 bridgehead atoms. The van der Waals surface area contributed by atoms with Gasteiger partial charge in [0.05, 0.1) is 42.1 Å². The van der Waals surface area contributed by atoms with Crippen LogP contribution in [0.3, 0.4) is 0 Å². The number of fused-ring (bicyclic) bond motifs is 8. The zero-order valence-electron chi connectivity index (χ0n) is 30.5. The van der Waals surface area contributed by atoms with Crippen LogP contribution in [0.2, 0.25) is 0 Å². The lowest BCUT2D eigenvalue weighted by Gasteiger charge is -2.14. The minimum absolute atomic E-state index is 0.208. The Morgan fingerprint density at radius 3 is 2.47 bits per heavy atom. The summed E-state index contributed by atoms with van der Waals surface area (Å²) in [5.74, 6) is 0.458. The Bertz CT molecular complexity index is 2390. The van der Waals surface area contributed by atoms with Crippen molar-refractivity contribution in [1.29, 1.82) is 0 Å². The first-order valence-corrected chi connectivity index (χ1v) is 20.0. The molecule has 10 nitrogen and oxygen atoms in total. The molecule has 0 saturated heterocycles. The predicted octanol–water partition coefficient (Wildman–Crippen LogP) is 7.49. The van der Waals surface area contributed by atoms with Crippen LogP contribution in [0.15, 0.2) is 59.5 Å². The normalized spacial score (nSPS) is 14.4. The second kappa shape index (κ2) is 14.6. The van der Waals surface area contributed by atoms with Crippen LogP contribution in [-0.4, -0.2) is 52.2 Å². The molecule has 0 unspecified atom stereocenters. The molecule has 12 heteroatoms. The first-order chi connectivity index (χ1) is 24.5. The molecule has 0 N–H and O–H groups in total. The summed E-state index contributed by atoms with van der Waals surface area (Å²) in [6.45, 7) is 8.35. The van der Waals surface area contributed by atoms with Gasteiger partial charge in [-0.2, -0.15) is 10.2 Å². The van der Waals surface area contributed by atoms with Gasteiger partial charge in [-0.3, -0.25) is 9.36 Å². The van der Waals surface area contributed by atoms with E-state index in [2.05, 4.69) is 48.4 Å². The van der Waals surface area contributed by atoms with Crippen molar-refractivity contribution >= 4 is 49.2 Å². The molecule has 1 aliphatic rings. The maximum absolute atomic E-state index is 13.9. The maximum Gasteiger partial charge on any atom is 0.354 e. The van der Waals surface area contributed by atoms with E-state index in [1.165, 1.54) is 7.11 Å². The average Bonchev–Trinajstić information content (AvgIpc) is 3.70. The zero-order chi connectivity index (χ0) is 36.6. The molecular weight excluding hydrogens is 683 g/mol.